The second kappa shape index (κ2) is 5.38. The molecule has 0 spiro atoms. The van der Waals surface area contributed by atoms with Crippen LogP contribution in [0.3, 0.4) is 0 Å². The molecule has 1 aromatic carbocycles. The van der Waals surface area contributed by atoms with E-state index in [4.69, 9.17) is 23.2 Å². The van der Waals surface area contributed by atoms with Crippen LogP contribution in [-0.4, -0.2) is 30.3 Å². The van der Waals surface area contributed by atoms with E-state index in [2.05, 4.69) is 0 Å². The van der Waals surface area contributed by atoms with E-state index in [0.717, 1.165) is 5.56 Å². The number of benzene rings is 1. The predicted molar refractivity (Wildman–Crippen MR) is 63.9 cm³/mol. The van der Waals surface area contributed by atoms with Crippen LogP contribution >= 0.6 is 23.2 Å². The van der Waals surface area contributed by atoms with Crippen LogP contribution in [0.2, 0.25) is 5.02 Å². The minimum absolute atomic E-state index is 0.0233. The van der Waals surface area contributed by atoms with Crippen LogP contribution in [0.4, 0.5) is 0 Å². The van der Waals surface area contributed by atoms with E-state index in [1.807, 2.05) is 6.92 Å². The summed E-state index contributed by atoms with van der Waals surface area (Å²) in [6.07, 6.45) is 0. The van der Waals surface area contributed by atoms with Gasteiger partial charge in [-0.1, -0.05) is 11.6 Å². The fraction of sp³-hybridized carbons (Fsp3) is 0.364. The molecule has 0 unspecified atom stereocenters. The van der Waals surface area contributed by atoms with E-state index in [0.29, 0.717) is 23.0 Å². The summed E-state index contributed by atoms with van der Waals surface area (Å²) in [4.78, 5) is 13.5. The number of carbonyl (C=O) groups excluding carboxylic acids is 1. The molecule has 0 heterocycles. The van der Waals surface area contributed by atoms with Gasteiger partial charge in [-0.15, -0.1) is 11.6 Å². The fourth-order valence-electron chi connectivity index (χ4n) is 1.30. The van der Waals surface area contributed by atoms with Gasteiger partial charge >= 0.3 is 0 Å². The van der Waals surface area contributed by atoms with E-state index in [9.17, 15) is 4.79 Å². The van der Waals surface area contributed by atoms with Gasteiger partial charge in [0.1, 0.15) is 0 Å². The van der Waals surface area contributed by atoms with Crippen molar-refractivity contribution in [2.24, 2.45) is 0 Å². The summed E-state index contributed by atoms with van der Waals surface area (Å²) < 4.78 is 0. The Morgan fingerprint density at radius 2 is 2.13 bits per heavy atom. The van der Waals surface area contributed by atoms with Crippen molar-refractivity contribution < 1.29 is 4.79 Å². The molecule has 0 aromatic heterocycles. The third-order valence-corrected chi connectivity index (χ3v) is 2.59. The van der Waals surface area contributed by atoms with Crippen LogP contribution in [0.25, 0.3) is 0 Å². The highest BCUT2D eigenvalue weighted by molar-refractivity contribution is 6.30. The Balaban J connectivity index is 2.91. The largest absolute Gasteiger partial charge is 0.341 e. The molecule has 0 saturated carbocycles. The lowest BCUT2D eigenvalue weighted by Gasteiger charge is -2.16. The monoisotopic (exact) mass is 245 g/mol. The topological polar surface area (TPSA) is 20.3 Å². The Kier molecular flexibility index (Phi) is 4.43. The Labute approximate surface area is 99.8 Å². The van der Waals surface area contributed by atoms with Crippen LogP contribution in [0.1, 0.15) is 15.9 Å². The zero-order valence-corrected chi connectivity index (χ0v) is 10.3. The van der Waals surface area contributed by atoms with Crippen molar-refractivity contribution in [1.29, 1.82) is 0 Å². The molecule has 0 aliphatic carbocycles. The zero-order valence-electron chi connectivity index (χ0n) is 8.76. The van der Waals surface area contributed by atoms with Crippen molar-refractivity contribution in [2.75, 3.05) is 19.5 Å². The molecule has 0 saturated heterocycles. The minimum Gasteiger partial charge on any atom is -0.341 e. The molecule has 1 amide bonds. The number of hydrogen-bond acceptors (Lipinski definition) is 1. The van der Waals surface area contributed by atoms with Crippen LogP contribution < -0.4 is 0 Å². The summed E-state index contributed by atoms with van der Waals surface area (Å²) in [6, 6.07) is 5.24. The maximum absolute atomic E-state index is 11.9. The van der Waals surface area contributed by atoms with Gasteiger partial charge in [-0.05, 0) is 30.7 Å². The molecule has 0 atom stereocenters. The van der Waals surface area contributed by atoms with Crippen LogP contribution in [0, 0.1) is 6.92 Å². The van der Waals surface area contributed by atoms with Gasteiger partial charge in [-0.3, -0.25) is 4.79 Å². The van der Waals surface area contributed by atoms with Crippen LogP contribution in [0.15, 0.2) is 18.2 Å². The summed E-state index contributed by atoms with van der Waals surface area (Å²) in [5.74, 6) is 0.416. The predicted octanol–water partition coefficient (Wildman–Crippen LogP) is 2.96. The lowest BCUT2D eigenvalue weighted by Crippen LogP contribution is -2.29. The second-order valence-corrected chi connectivity index (χ2v) is 4.19. The number of halogens is 2. The average Bonchev–Trinajstić information content (AvgIpc) is 2.17. The normalized spacial score (nSPS) is 10.1. The standard InChI is InChI=1S/C11H13Cl2NO/c1-8-7-9(13)3-4-10(8)11(15)14(2)6-5-12/h3-4,7H,5-6H2,1-2H3. The molecule has 0 radical (unpaired) electrons. The van der Waals surface area contributed by atoms with Crippen molar-refractivity contribution in [1.82, 2.24) is 4.90 Å². The summed E-state index contributed by atoms with van der Waals surface area (Å²) >= 11 is 11.4. The van der Waals surface area contributed by atoms with Gasteiger partial charge in [0, 0.05) is 30.1 Å². The molecular formula is C11H13Cl2NO. The first-order valence-electron chi connectivity index (χ1n) is 4.64. The summed E-state index contributed by atoms with van der Waals surface area (Å²) in [7, 11) is 1.73. The lowest BCUT2D eigenvalue weighted by molar-refractivity contribution is 0.0802. The smallest absolute Gasteiger partial charge is 0.253 e. The minimum atomic E-state index is -0.0233. The number of amides is 1. The van der Waals surface area contributed by atoms with Gasteiger partial charge in [-0.25, -0.2) is 0 Å². The SMILES string of the molecule is Cc1cc(Cl)ccc1C(=O)N(C)CCCl. The highest BCUT2D eigenvalue weighted by Gasteiger charge is 2.13. The number of nitrogens with zero attached hydrogens (tertiary/aromatic N) is 1. The molecule has 15 heavy (non-hydrogen) atoms. The van der Waals surface area contributed by atoms with Gasteiger partial charge < -0.3 is 4.90 Å². The van der Waals surface area contributed by atoms with Gasteiger partial charge in [0.15, 0.2) is 0 Å². The number of aryl methyl sites for hydroxylation is 1. The summed E-state index contributed by atoms with van der Waals surface area (Å²) in [5, 5.41) is 0.643. The van der Waals surface area contributed by atoms with Crippen LogP contribution in [-0.2, 0) is 0 Å². The Hall–Kier alpha value is -0.730. The quantitative estimate of drug-likeness (QED) is 0.751. The van der Waals surface area contributed by atoms with Gasteiger partial charge in [0.05, 0.1) is 0 Å². The number of alkyl halides is 1. The zero-order chi connectivity index (χ0) is 11.4. The molecule has 0 fully saturated rings. The molecule has 0 bridgehead atoms. The molecule has 2 nitrogen and oxygen atoms in total. The Morgan fingerprint density at radius 1 is 1.47 bits per heavy atom. The van der Waals surface area contributed by atoms with Gasteiger partial charge in [0.2, 0.25) is 0 Å². The first-order chi connectivity index (χ1) is 7.06. The molecular weight excluding hydrogens is 233 g/mol. The van der Waals surface area contributed by atoms with Gasteiger partial charge in [0.25, 0.3) is 5.91 Å². The first-order valence-corrected chi connectivity index (χ1v) is 5.55. The molecule has 0 N–H and O–H groups in total. The lowest BCUT2D eigenvalue weighted by atomic mass is 10.1. The fourth-order valence-corrected chi connectivity index (χ4v) is 1.78. The molecule has 1 rings (SSSR count). The van der Waals surface area contributed by atoms with Gasteiger partial charge in [-0.2, -0.15) is 0 Å². The van der Waals surface area contributed by atoms with Crippen LogP contribution in [0.5, 0.6) is 0 Å². The van der Waals surface area contributed by atoms with Crippen molar-refractivity contribution >= 4 is 29.1 Å². The van der Waals surface area contributed by atoms with E-state index in [1.54, 1.807) is 30.1 Å². The highest BCUT2D eigenvalue weighted by atomic mass is 35.5. The molecule has 4 heteroatoms. The van der Waals surface area contributed by atoms with E-state index < -0.39 is 0 Å². The maximum Gasteiger partial charge on any atom is 0.253 e. The highest BCUT2D eigenvalue weighted by Crippen LogP contribution is 2.16. The van der Waals surface area contributed by atoms with E-state index >= 15 is 0 Å². The summed E-state index contributed by atoms with van der Waals surface area (Å²) in [6.45, 7) is 2.41. The van der Waals surface area contributed by atoms with Crippen molar-refractivity contribution in [3.8, 4) is 0 Å². The van der Waals surface area contributed by atoms with Crippen molar-refractivity contribution in [3.05, 3.63) is 34.3 Å². The number of carbonyl (C=O) groups is 1. The molecule has 0 aliphatic heterocycles. The van der Waals surface area contributed by atoms with Crippen molar-refractivity contribution in [2.45, 2.75) is 6.92 Å². The average molecular weight is 246 g/mol. The number of hydrogen-bond donors (Lipinski definition) is 0. The first kappa shape index (κ1) is 12.3. The molecule has 82 valence electrons. The maximum atomic E-state index is 11.9. The molecule has 1 aromatic rings. The Morgan fingerprint density at radius 3 is 2.67 bits per heavy atom. The third-order valence-electron chi connectivity index (χ3n) is 2.19. The van der Waals surface area contributed by atoms with E-state index in [-0.39, 0.29) is 5.91 Å². The number of rotatable bonds is 3. The van der Waals surface area contributed by atoms with Crippen molar-refractivity contribution in [3.63, 3.8) is 0 Å². The summed E-state index contributed by atoms with van der Waals surface area (Å²) in [5.41, 5.74) is 1.56. The Bertz CT molecular complexity index is 366. The van der Waals surface area contributed by atoms with E-state index in [1.165, 1.54) is 0 Å². The molecule has 0 aliphatic rings. The second-order valence-electron chi connectivity index (χ2n) is 3.37. The third kappa shape index (κ3) is 3.11.